The second kappa shape index (κ2) is 14.8. The molecule has 0 heterocycles. The highest BCUT2D eigenvalue weighted by Gasteiger charge is 2.34. The van der Waals surface area contributed by atoms with Gasteiger partial charge in [0, 0.05) is 24.2 Å². The van der Waals surface area contributed by atoms with Crippen molar-refractivity contribution in [3.63, 3.8) is 0 Å². The minimum Gasteiger partial charge on any atom is -0.497 e. The summed E-state index contributed by atoms with van der Waals surface area (Å²) in [6.45, 7) is 8.44. The van der Waals surface area contributed by atoms with Gasteiger partial charge in [0.15, 0.2) is 0 Å². The molecule has 0 aliphatic carbocycles. The quantitative estimate of drug-likeness (QED) is 0.194. The lowest BCUT2D eigenvalue weighted by Crippen LogP contribution is -2.53. The number of nitro groups is 1. The third kappa shape index (κ3) is 8.13. The predicted molar refractivity (Wildman–Crippen MR) is 169 cm³/mol. The predicted octanol–water partition coefficient (Wildman–Crippen LogP) is 5.14. The summed E-state index contributed by atoms with van der Waals surface area (Å²) in [4.78, 5) is 39.7. The van der Waals surface area contributed by atoms with Crippen molar-refractivity contribution in [2.45, 2.75) is 71.0 Å². The second-order valence-electron chi connectivity index (χ2n) is 10.7. The molecule has 3 rings (SSSR count). The summed E-state index contributed by atoms with van der Waals surface area (Å²) in [5.41, 5.74) is 1.83. The number of carbonyl (C=O) groups excluding carboxylic acids is 2. The van der Waals surface area contributed by atoms with Crippen LogP contribution in [-0.2, 0) is 26.2 Å². The van der Waals surface area contributed by atoms with E-state index in [2.05, 4.69) is 5.32 Å². The van der Waals surface area contributed by atoms with Crippen LogP contribution >= 0.6 is 0 Å². The van der Waals surface area contributed by atoms with E-state index < -0.39 is 33.4 Å². The molecule has 0 saturated heterocycles. The molecule has 0 bridgehead atoms. The van der Waals surface area contributed by atoms with Gasteiger partial charge in [-0.1, -0.05) is 49.7 Å². The Labute approximate surface area is 259 Å². The van der Waals surface area contributed by atoms with Gasteiger partial charge >= 0.3 is 0 Å². The summed E-state index contributed by atoms with van der Waals surface area (Å²) < 4.78 is 34.4. The zero-order valence-corrected chi connectivity index (χ0v) is 26.8. The number of amides is 2. The van der Waals surface area contributed by atoms with Crippen molar-refractivity contribution in [3.8, 4) is 5.75 Å². The van der Waals surface area contributed by atoms with E-state index in [1.807, 2.05) is 45.0 Å². The Morgan fingerprint density at radius 3 is 2.25 bits per heavy atom. The van der Waals surface area contributed by atoms with Crippen molar-refractivity contribution in [1.29, 1.82) is 0 Å². The van der Waals surface area contributed by atoms with Crippen molar-refractivity contribution >= 4 is 33.2 Å². The normalized spacial score (nSPS) is 12.6. The van der Waals surface area contributed by atoms with Gasteiger partial charge in [0.1, 0.15) is 18.3 Å². The van der Waals surface area contributed by atoms with Gasteiger partial charge in [-0.15, -0.1) is 0 Å². The number of nitrogens with one attached hydrogen (secondary N) is 1. The maximum absolute atomic E-state index is 14.2. The van der Waals surface area contributed by atoms with Crippen LogP contribution in [0.4, 0.5) is 11.4 Å². The summed E-state index contributed by atoms with van der Waals surface area (Å²) in [7, 11) is -3.02. The van der Waals surface area contributed by atoms with Gasteiger partial charge in [0.2, 0.25) is 11.8 Å². The standard InChI is InChI=1S/C32H40N4O7S/c1-7-24(5)33-32(38)29(8-2)34(20-25-11-9-10-22(3)18-25)31(37)21-35(26-13-15-27(43-6)16-14-26)44(41,42)28-17-12-23(4)30(19-28)36(39)40/h9-19,24,29H,7-8,20-21H2,1-6H3,(H,33,38)/t24-,29-/m1/s1. The number of benzene rings is 3. The molecule has 2 amide bonds. The number of sulfonamides is 1. The second-order valence-corrected chi connectivity index (χ2v) is 12.5. The molecular formula is C32H40N4O7S. The molecule has 236 valence electrons. The molecule has 0 radical (unpaired) electrons. The Kier molecular flexibility index (Phi) is 11.5. The van der Waals surface area contributed by atoms with Crippen LogP contribution < -0.4 is 14.4 Å². The van der Waals surface area contributed by atoms with Gasteiger partial charge < -0.3 is 15.0 Å². The van der Waals surface area contributed by atoms with Crippen molar-refractivity contribution in [2.75, 3.05) is 18.0 Å². The van der Waals surface area contributed by atoms with E-state index in [-0.39, 0.29) is 34.8 Å². The molecule has 3 aromatic rings. The molecule has 3 aromatic carbocycles. The molecule has 12 heteroatoms. The van der Waals surface area contributed by atoms with E-state index in [9.17, 15) is 28.1 Å². The number of ether oxygens (including phenoxy) is 1. The summed E-state index contributed by atoms with van der Waals surface area (Å²) in [5, 5.41) is 14.6. The maximum Gasteiger partial charge on any atom is 0.273 e. The zero-order valence-electron chi connectivity index (χ0n) is 25.9. The lowest BCUT2D eigenvalue weighted by molar-refractivity contribution is -0.385. The van der Waals surface area contributed by atoms with Crippen molar-refractivity contribution < 1.29 is 27.7 Å². The van der Waals surface area contributed by atoms with Gasteiger partial charge in [0.05, 0.1) is 22.6 Å². The number of carbonyl (C=O) groups is 2. The minimum atomic E-state index is -4.49. The summed E-state index contributed by atoms with van der Waals surface area (Å²) in [6.07, 6.45) is 0.986. The van der Waals surface area contributed by atoms with Crippen molar-refractivity contribution in [1.82, 2.24) is 10.2 Å². The van der Waals surface area contributed by atoms with Gasteiger partial charge in [-0.05, 0) is 69.5 Å². The first-order chi connectivity index (χ1) is 20.8. The lowest BCUT2D eigenvalue weighted by atomic mass is 10.1. The molecule has 0 aromatic heterocycles. The van der Waals surface area contributed by atoms with Crippen molar-refractivity contribution in [3.05, 3.63) is 93.5 Å². The number of hydrogen-bond donors (Lipinski definition) is 1. The largest absolute Gasteiger partial charge is 0.497 e. The fourth-order valence-electron chi connectivity index (χ4n) is 4.72. The average molecular weight is 625 g/mol. The molecule has 2 atom stereocenters. The van der Waals surface area contributed by atoms with Crippen LogP contribution in [0.15, 0.2) is 71.6 Å². The van der Waals surface area contributed by atoms with Crippen LogP contribution in [0, 0.1) is 24.0 Å². The average Bonchev–Trinajstić information content (AvgIpc) is 2.99. The van der Waals surface area contributed by atoms with Crippen LogP contribution in [0.25, 0.3) is 0 Å². The smallest absolute Gasteiger partial charge is 0.273 e. The van der Waals surface area contributed by atoms with E-state index in [0.29, 0.717) is 24.2 Å². The number of rotatable bonds is 14. The Balaban J connectivity index is 2.12. The van der Waals surface area contributed by atoms with Crippen molar-refractivity contribution in [2.24, 2.45) is 0 Å². The topological polar surface area (TPSA) is 139 Å². The third-order valence-electron chi connectivity index (χ3n) is 7.43. The molecule has 0 unspecified atom stereocenters. The summed E-state index contributed by atoms with van der Waals surface area (Å²) in [5.74, 6) is -0.480. The first kappa shape index (κ1) is 34.0. The molecule has 1 N–H and O–H groups in total. The SMILES string of the molecule is CC[C@@H](C)NC(=O)[C@@H](CC)N(Cc1cccc(C)c1)C(=O)CN(c1ccc(OC)cc1)S(=O)(=O)c1ccc(C)c([N+](=O)[O-])c1. The van der Waals surface area contributed by atoms with Gasteiger partial charge in [-0.3, -0.25) is 24.0 Å². The van der Waals surface area contributed by atoms with Crippen LogP contribution in [0.5, 0.6) is 5.75 Å². The van der Waals surface area contributed by atoms with E-state index in [0.717, 1.165) is 21.5 Å². The van der Waals surface area contributed by atoms with E-state index in [1.54, 1.807) is 19.1 Å². The highest BCUT2D eigenvalue weighted by Crippen LogP contribution is 2.29. The number of anilines is 1. The molecule has 44 heavy (non-hydrogen) atoms. The first-order valence-corrected chi connectivity index (χ1v) is 15.8. The van der Waals surface area contributed by atoms with E-state index in [1.165, 1.54) is 43.2 Å². The first-order valence-electron chi connectivity index (χ1n) is 14.4. The number of nitro benzene ring substituents is 1. The van der Waals surface area contributed by atoms with Crippen LogP contribution in [0.2, 0.25) is 0 Å². The van der Waals surface area contributed by atoms with Gasteiger partial charge in [-0.25, -0.2) is 8.42 Å². The molecule has 0 aliphatic heterocycles. The number of methoxy groups -OCH3 is 1. The minimum absolute atomic E-state index is 0.0689. The molecule has 11 nitrogen and oxygen atoms in total. The summed E-state index contributed by atoms with van der Waals surface area (Å²) in [6, 6.07) is 16.2. The Hall–Kier alpha value is -4.45. The Morgan fingerprint density at radius 1 is 1.00 bits per heavy atom. The maximum atomic E-state index is 14.2. The van der Waals surface area contributed by atoms with E-state index >= 15 is 0 Å². The Morgan fingerprint density at radius 2 is 1.68 bits per heavy atom. The molecular weight excluding hydrogens is 584 g/mol. The number of nitrogens with zero attached hydrogens (tertiary/aromatic N) is 3. The van der Waals surface area contributed by atoms with Crippen LogP contribution in [0.3, 0.4) is 0 Å². The van der Waals surface area contributed by atoms with Crippen LogP contribution in [-0.4, -0.2) is 55.8 Å². The van der Waals surface area contributed by atoms with Gasteiger partial charge in [-0.2, -0.15) is 0 Å². The fraction of sp³-hybridized carbons (Fsp3) is 0.375. The van der Waals surface area contributed by atoms with Gasteiger partial charge in [0.25, 0.3) is 15.7 Å². The fourth-order valence-corrected chi connectivity index (χ4v) is 6.15. The molecule has 0 fully saturated rings. The molecule has 0 aliphatic rings. The highest BCUT2D eigenvalue weighted by molar-refractivity contribution is 7.92. The number of aryl methyl sites for hydroxylation is 2. The molecule has 0 saturated carbocycles. The summed E-state index contributed by atoms with van der Waals surface area (Å²) >= 11 is 0. The highest BCUT2D eigenvalue weighted by atomic mass is 32.2. The lowest BCUT2D eigenvalue weighted by Gasteiger charge is -2.33. The van der Waals surface area contributed by atoms with Crippen LogP contribution in [0.1, 0.15) is 50.3 Å². The van der Waals surface area contributed by atoms with E-state index in [4.69, 9.17) is 4.74 Å². The number of hydrogen-bond acceptors (Lipinski definition) is 7. The zero-order chi connectivity index (χ0) is 32.6. The Bertz CT molecular complexity index is 1590. The monoisotopic (exact) mass is 624 g/mol. The molecule has 0 spiro atoms. The third-order valence-corrected chi connectivity index (χ3v) is 9.20.